The van der Waals surface area contributed by atoms with Crippen LogP contribution in [0.15, 0.2) is 18.5 Å². The van der Waals surface area contributed by atoms with Crippen LogP contribution >= 0.6 is 0 Å². The maximum atomic E-state index is 11.9. The second-order valence-corrected chi connectivity index (χ2v) is 5.68. The van der Waals surface area contributed by atoms with Crippen molar-refractivity contribution in [3.05, 3.63) is 24.0 Å². The molecule has 0 saturated carbocycles. The second kappa shape index (κ2) is 5.91. The van der Waals surface area contributed by atoms with Gasteiger partial charge in [-0.25, -0.2) is 0 Å². The van der Waals surface area contributed by atoms with E-state index in [1.165, 1.54) is 0 Å². The van der Waals surface area contributed by atoms with E-state index in [2.05, 4.69) is 20.9 Å². The molecule has 0 radical (unpaired) electrons. The minimum Gasteiger partial charge on any atom is -0.379 e. The minimum atomic E-state index is -0.668. The number of nitriles is 1. The molecule has 1 unspecified atom stereocenters. The first-order valence-corrected chi connectivity index (χ1v) is 7.39. The van der Waals surface area contributed by atoms with Crippen molar-refractivity contribution in [1.29, 1.82) is 5.26 Å². The molecule has 2 fully saturated rings. The summed E-state index contributed by atoms with van der Waals surface area (Å²) in [5.41, 5.74) is 6.43. The standard InChI is InChI=1S/C15H19N5O2/c16-9-12-1-3-18-10-13(12)19-4-6-20(7-5-19)15(14(17)21)2-8-22-11-15/h1,3,10H,2,4-8,11H2,(H2,17,21). The molecule has 2 aliphatic heterocycles. The first-order valence-electron chi connectivity index (χ1n) is 7.39. The number of ether oxygens (including phenoxy) is 1. The molecule has 2 aliphatic rings. The molecule has 0 bridgehead atoms. The van der Waals surface area contributed by atoms with Crippen LogP contribution in [0.2, 0.25) is 0 Å². The Morgan fingerprint density at radius 2 is 2.18 bits per heavy atom. The van der Waals surface area contributed by atoms with Gasteiger partial charge < -0.3 is 15.4 Å². The highest BCUT2D eigenvalue weighted by Gasteiger charge is 2.46. The van der Waals surface area contributed by atoms with Crippen LogP contribution in [0.5, 0.6) is 0 Å². The van der Waals surface area contributed by atoms with E-state index >= 15 is 0 Å². The molecule has 1 aromatic heterocycles. The number of carbonyl (C=O) groups excluding carboxylic acids is 1. The molecular formula is C15H19N5O2. The molecule has 1 amide bonds. The summed E-state index contributed by atoms with van der Waals surface area (Å²) in [7, 11) is 0. The molecule has 0 aliphatic carbocycles. The maximum absolute atomic E-state index is 11.9. The molecule has 2 N–H and O–H groups in total. The number of aromatic nitrogens is 1. The number of amides is 1. The Balaban J connectivity index is 1.73. The van der Waals surface area contributed by atoms with E-state index < -0.39 is 5.54 Å². The van der Waals surface area contributed by atoms with Crippen LogP contribution in [0.1, 0.15) is 12.0 Å². The summed E-state index contributed by atoms with van der Waals surface area (Å²) in [5, 5.41) is 9.19. The van der Waals surface area contributed by atoms with Crippen LogP contribution in [0, 0.1) is 11.3 Å². The summed E-state index contributed by atoms with van der Waals surface area (Å²) in [6.45, 7) is 3.84. The number of hydrogen-bond acceptors (Lipinski definition) is 6. The zero-order chi connectivity index (χ0) is 15.6. The van der Waals surface area contributed by atoms with Crippen molar-refractivity contribution >= 4 is 11.6 Å². The predicted molar refractivity (Wildman–Crippen MR) is 80.1 cm³/mol. The Morgan fingerprint density at radius 3 is 2.77 bits per heavy atom. The molecule has 0 spiro atoms. The van der Waals surface area contributed by atoms with Gasteiger partial charge in [-0.1, -0.05) is 0 Å². The number of carbonyl (C=O) groups is 1. The molecular weight excluding hydrogens is 282 g/mol. The highest BCUT2D eigenvalue weighted by atomic mass is 16.5. The lowest BCUT2D eigenvalue weighted by atomic mass is 9.94. The van der Waals surface area contributed by atoms with Crippen molar-refractivity contribution in [1.82, 2.24) is 9.88 Å². The number of pyridine rings is 1. The molecule has 7 nitrogen and oxygen atoms in total. The summed E-state index contributed by atoms with van der Waals surface area (Å²) >= 11 is 0. The van der Waals surface area contributed by atoms with E-state index in [1.807, 2.05) is 0 Å². The number of primary amides is 1. The van der Waals surface area contributed by atoms with Crippen LogP contribution in [0.4, 0.5) is 5.69 Å². The van der Waals surface area contributed by atoms with Crippen molar-refractivity contribution in [2.75, 3.05) is 44.3 Å². The van der Waals surface area contributed by atoms with Crippen molar-refractivity contribution in [2.45, 2.75) is 12.0 Å². The third-order valence-corrected chi connectivity index (χ3v) is 4.61. The molecule has 7 heteroatoms. The van der Waals surface area contributed by atoms with Gasteiger partial charge in [-0.2, -0.15) is 5.26 Å². The maximum Gasteiger partial charge on any atom is 0.240 e. The van der Waals surface area contributed by atoms with Gasteiger partial charge >= 0.3 is 0 Å². The molecule has 1 aromatic rings. The van der Waals surface area contributed by atoms with E-state index in [4.69, 9.17) is 10.5 Å². The van der Waals surface area contributed by atoms with E-state index in [9.17, 15) is 10.1 Å². The topological polar surface area (TPSA) is 95.5 Å². The second-order valence-electron chi connectivity index (χ2n) is 5.68. The van der Waals surface area contributed by atoms with Gasteiger partial charge in [-0.15, -0.1) is 0 Å². The van der Waals surface area contributed by atoms with Crippen molar-refractivity contribution in [3.63, 3.8) is 0 Å². The molecule has 116 valence electrons. The van der Waals surface area contributed by atoms with Gasteiger partial charge in [0.25, 0.3) is 0 Å². The number of piperazine rings is 1. The number of rotatable bonds is 3. The van der Waals surface area contributed by atoms with Gasteiger partial charge in [-0.05, 0) is 6.07 Å². The van der Waals surface area contributed by atoms with Gasteiger partial charge in [0.1, 0.15) is 11.6 Å². The zero-order valence-corrected chi connectivity index (χ0v) is 12.4. The summed E-state index contributed by atoms with van der Waals surface area (Å²) < 4.78 is 5.41. The highest BCUT2D eigenvalue weighted by molar-refractivity contribution is 5.85. The van der Waals surface area contributed by atoms with Crippen molar-refractivity contribution in [3.8, 4) is 6.07 Å². The van der Waals surface area contributed by atoms with E-state index in [-0.39, 0.29) is 5.91 Å². The monoisotopic (exact) mass is 301 g/mol. The van der Waals surface area contributed by atoms with Gasteiger partial charge in [-0.3, -0.25) is 14.7 Å². The number of hydrogen-bond donors (Lipinski definition) is 1. The lowest BCUT2D eigenvalue weighted by Gasteiger charge is -2.43. The normalized spacial score (nSPS) is 25.9. The van der Waals surface area contributed by atoms with Crippen molar-refractivity contribution in [2.24, 2.45) is 5.73 Å². The highest BCUT2D eigenvalue weighted by Crippen LogP contribution is 2.29. The number of nitrogens with zero attached hydrogens (tertiary/aromatic N) is 4. The van der Waals surface area contributed by atoms with Crippen LogP contribution in [0.3, 0.4) is 0 Å². The first-order chi connectivity index (χ1) is 10.7. The average molecular weight is 301 g/mol. The molecule has 1 atom stereocenters. The van der Waals surface area contributed by atoms with Gasteiger partial charge in [0.2, 0.25) is 5.91 Å². The van der Waals surface area contributed by atoms with Crippen LogP contribution in [-0.4, -0.2) is 60.7 Å². The largest absolute Gasteiger partial charge is 0.379 e. The Bertz CT molecular complexity index is 598. The van der Waals surface area contributed by atoms with E-state index in [0.29, 0.717) is 38.3 Å². The smallest absolute Gasteiger partial charge is 0.240 e. The Hall–Kier alpha value is -2.17. The number of anilines is 1. The Labute approximate surface area is 129 Å². The average Bonchev–Trinajstić information content (AvgIpc) is 3.06. The van der Waals surface area contributed by atoms with Crippen molar-refractivity contribution < 1.29 is 9.53 Å². The van der Waals surface area contributed by atoms with E-state index in [0.717, 1.165) is 18.8 Å². The molecule has 3 rings (SSSR count). The number of nitrogens with two attached hydrogens (primary N) is 1. The SMILES string of the molecule is N#Cc1ccncc1N1CCN(C2(C(N)=O)CCOC2)CC1. The summed E-state index contributed by atoms with van der Waals surface area (Å²) in [6.07, 6.45) is 3.99. The molecule has 0 aromatic carbocycles. The van der Waals surface area contributed by atoms with Gasteiger partial charge in [0, 0.05) is 45.4 Å². The first kappa shape index (κ1) is 14.8. The lowest BCUT2D eigenvalue weighted by Crippen LogP contribution is -2.63. The fourth-order valence-electron chi connectivity index (χ4n) is 3.26. The molecule has 2 saturated heterocycles. The summed E-state index contributed by atoms with van der Waals surface area (Å²) in [5.74, 6) is -0.308. The van der Waals surface area contributed by atoms with Crippen LogP contribution in [0.25, 0.3) is 0 Å². The Kier molecular flexibility index (Phi) is 3.96. The van der Waals surface area contributed by atoms with Crippen LogP contribution in [-0.2, 0) is 9.53 Å². The minimum absolute atomic E-state index is 0.308. The predicted octanol–water partition coefficient (Wildman–Crippen LogP) is -0.280. The van der Waals surface area contributed by atoms with Gasteiger partial charge in [0.15, 0.2) is 0 Å². The fourth-order valence-corrected chi connectivity index (χ4v) is 3.26. The van der Waals surface area contributed by atoms with Gasteiger partial charge in [0.05, 0.1) is 24.1 Å². The summed E-state index contributed by atoms with van der Waals surface area (Å²) in [6, 6.07) is 3.92. The zero-order valence-electron chi connectivity index (χ0n) is 12.4. The lowest BCUT2D eigenvalue weighted by molar-refractivity contribution is -0.130. The third-order valence-electron chi connectivity index (χ3n) is 4.61. The van der Waals surface area contributed by atoms with E-state index in [1.54, 1.807) is 18.5 Å². The molecule has 22 heavy (non-hydrogen) atoms. The van der Waals surface area contributed by atoms with Crippen LogP contribution < -0.4 is 10.6 Å². The summed E-state index contributed by atoms with van der Waals surface area (Å²) in [4.78, 5) is 20.3. The fraction of sp³-hybridized carbons (Fsp3) is 0.533. The molecule has 3 heterocycles. The quantitative estimate of drug-likeness (QED) is 0.825. The Morgan fingerprint density at radius 1 is 1.41 bits per heavy atom. The third kappa shape index (κ3) is 2.40.